The number of aliphatic carboxylic acids is 1. The number of carbonyl (C=O) groups is 1. The molecule has 0 aromatic heterocycles. The van der Waals surface area contributed by atoms with Crippen molar-refractivity contribution in [1.82, 2.24) is 0 Å². The van der Waals surface area contributed by atoms with Gasteiger partial charge in [-0.25, -0.2) is 0 Å². The second-order valence-electron chi connectivity index (χ2n) is 3.21. The molecule has 0 aliphatic carbocycles. The van der Waals surface area contributed by atoms with Gasteiger partial charge < -0.3 is 19.4 Å². The van der Waals surface area contributed by atoms with Crippen LogP contribution >= 0.6 is 0 Å². The highest BCUT2D eigenvalue weighted by molar-refractivity contribution is 5.66. The first-order chi connectivity index (χ1) is 7.98. The molecule has 0 bridgehead atoms. The number of alkyl halides is 6. The molecule has 0 heterocycles. The maximum atomic E-state index is 12.5. The Morgan fingerprint density at radius 2 is 1.50 bits per heavy atom. The standard InChI is InChI=1S/C8H10F6O4/c1-17-2-3-18-6(4-5(15)16,7(9,10)11)8(12,13)14/h2-4H2,1H3,(H,15,16)/p-1. The fourth-order valence-electron chi connectivity index (χ4n) is 1.08. The first-order valence-electron chi connectivity index (χ1n) is 4.44. The van der Waals surface area contributed by atoms with Crippen LogP contribution in [0.1, 0.15) is 6.42 Å². The molecule has 0 unspecified atom stereocenters. The minimum Gasteiger partial charge on any atom is -0.550 e. The average Bonchev–Trinajstić information content (AvgIpc) is 2.12. The molecule has 0 rings (SSSR count). The second kappa shape index (κ2) is 5.74. The topological polar surface area (TPSA) is 58.6 Å². The predicted molar refractivity (Wildman–Crippen MR) is 42.3 cm³/mol. The highest BCUT2D eigenvalue weighted by atomic mass is 19.4. The number of halogens is 6. The van der Waals surface area contributed by atoms with Crippen molar-refractivity contribution in [3.63, 3.8) is 0 Å². The van der Waals surface area contributed by atoms with Crippen LogP contribution in [0, 0.1) is 0 Å². The first-order valence-corrected chi connectivity index (χ1v) is 4.44. The van der Waals surface area contributed by atoms with E-state index in [-0.39, 0.29) is 0 Å². The summed E-state index contributed by atoms with van der Waals surface area (Å²) >= 11 is 0. The van der Waals surface area contributed by atoms with Crippen molar-refractivity contribution in [3.05, 3.63) is 0 Å². The van der Waals surface area contributed by atoms with Gasteiger partial charge in [-0.15, -0.1) is 0 Å². The Morgan fingerprint density at radius 3 is 1.78 bits per heavy atom. The van der Waals surface area contributed by atoms with E-state index in [0.29, 0.717) is 0 Å². The summed E-state index contributed by atoms with van der Waals surface area (Å²) in [5.41, 5.74) is -4.79. The largest absolute Gasteiger partial charge is 0.550 e. The van der Waals surface area contributed by atoms with Crippen LogP contribution in [0.4, 0.5) is 26.3 Å². The van der Waals surface area contributed by atoms with Crippen LogP contribution in [0.5, 0.6) is 0 Å². The molecule has 108 valence electrons. The molecule has 0 radical (unpaired) electrons. The molecule has 0 aliphatic rings. The van der Waals surface area contributed by atoms with E-state index in [1.807, 2.05) is 0 Å². The second-order valence-corrected chi connectivity index (χ2v) is 3.21. The van der Waals surface area contributed by atoms with Crippen molar-refractivity contribution in [2.75, 3.05) is 20.3 Å². The zero-order chi connectivity index (χ0) is 14.6. The van der Waals surface area contributed by atoms with Crippen LogP contribution in [0.3, 0.4) is 0 Å². The Labute approximate surface area is 97.5 Å². The molecule has 0 aromatic rings. The first kappa shape index (κ1) is 17.0. The van der Waals surface area contributed by atoms with Gasteiger partial charge in [-0.1, -0.05) is 0 Å². The highest BCUT2D eigenvalue weighted by Gasteiger charge is 2.72. The minimum absolute atomic E-state index is 0.555. The number of ether oxygens (including phenoxy) is 2. The SMILES string of the molecule is COCCOC(CC(=O)[O-])(C(F)(F)F)C(F)(F)F. The van der Waals surface area contributed by atoms with E-state index in [4.69, 9.17) is 0 Å². The third-order valence-corrected chi connectivity index (χ3v) is 1.95. The Bertz CT molecular complexity index is 270. The van der Waals surface area contributed by atoms with Crippen molar-refractivity contribution in [2.24, 2.45) is 0 Å². The molecule has 0 aliphatic heterocycles. The zero-order valence-corrected chi connectivity index (χ0v) is 9.02. The summed E-state index contributed by atoms with van der Waals surface area (Å²) in [5, 5.41) is 10.1. The van der Waals surface area contributed by atoms with Gasteiger partial charge in [0.15, 0.2) is 0 Å². The van der Waals surface area contributed by atoms with Crippen molar-refractivity contribution in [1.29, 1.82) is 0 Å². The smallest absolute Gasteiger partial charge is 0.426 e. The van der Waals surface area contributed by atoms with E-state index in [0.717, 1.165) is 7.11 Å². The van der Waals surface area contributed by atoms with Crippen molar-refractivity contribution in [3.8, 4) is 0 Å². The molecule has 0 saturated carbocycles. The number of methoxy groups -OCH3 is 1. The number of carboxylic acid groups (broad SMARTS) is 1. The van der Waals surface area contributed by atoms with Gasteiger partial charge in [0, 0.05) is 19.5 Å². The maximum absolute atomic E-state index is 12.5. The third kappa shape index (κ3) is 3.73. The van der Waals surface area contributed by atoms with E-state index in [9.17, 15) is 36.2 Å². The van der Waals surface area contributed by atoms with E-state index >= 15 is 0 Å². The van der Waals surface area contributed by atoms with Crippen LogP contribution < -0.4 is 5.11 Å². The molecule has 10 heteroatoms. The van der Waals surface area contributed by atoms with Gasteiger partial charge in [-0.05, 0) is 0 Å². The van der Waals surface area contributed by atoms with Gasteiger partial charge in [0.05, 0.1) is 13.2 Å². The number of carboxylic acids is 1. The van der Waals surface area contributed by atoms with Gasteiger partial charge in [0.1, 0.15) is 0 Å². The third-order valence-electron chi connectivity index (χ3n) is 1.95. The molecule has 18 heavy (non-hydrogen) atoms. The fourth-order valence-corrected chi connectivity index (χ4v) is 1.08. The quantitative estimate of drug-likeness (QED) is 0.530. The average molecular weight is 283 g/mol. The molecular formula is C8H9F6O4-. The Kier molecular flexibility index (Phi) is 5.41. The molecule has 0 amide bonds. The van der Waals surface area contributed by atoms with Crippen LogP contribution in [-0.4, -0.2) is 44.2 Å². The van der Waals surface area contributed by atoms with Crippen LogP contribution in [0.25, 0.3) is 0 Å². The van der Waals surface area contributed by atoms with E-state index in [1.165, 1.54) is 0 Å². The lowest BCUT2D eigenvalue weighted by Gasteiger charge is -2.37. The maximum Gasteiger partial charge on any atom is 0.426 e. The lowest BCUT2D eigenvalue weighted by molar-refractivity contribution is -0.391. The molecule has 0 fully saturated rings. The summed E-state index contributed by atoms with van der Waals surface area (Å²) in [5.74, 6) is -2.53. The molecule has 0 N–H and O–H groups in total. The summed E-state index contributed by atoms with van der Waals surface area (Å²) in [6, 6.07) is 0. The van der Waals surface area contributed by atoms with Crippen LogP contribution in [0.2, 0.25) is 0 Å². The molecule has 4 nitrogen and oxygen atoms in total. The lowest BCUT2D eigenvalue weighted by Crippen LogP contribution is -2.61. The summed E-state index contributed by atoms with van der Waals surface area (Å²) in [6.45, 7) is -1.62. The lowest BCUT2D eigenvalue weighted by atomic mass is 9.98. The summed E-state index contributed by atoms with van der Waals surface area (Å²) in [4.78, 5) is 10.1. The zero-order valence-electron chi connectivity index (χ0n) is 9.02. The fraction of sp³-hybridized carbons (Fsp3) is 0.875. The predicted octanol–water partition coefficient (Wildman–Crippen LogP) is 0.653. The Balaban J connectivity index is 5.35. The molecular weight excluding hydrogens is 274 g/mol. The molecule has 0 spiro atoms. The normalized spacial score (nSPS) is 13.7. The monoisotopic (exact) mass is 283 g/mol. The van der Waals surface area contributed by atoms with E-state index in [2.05, 4.69) is 9.47 Å². The van der Waals surface area contributed by atoms with Gasteiger partial charge in [0.2, 0.25) is 0 Å². The van der Waals surface area contributed by atoms with E-state index < -0.39 is 43.6 Å². The van der Waals surface area contributed by atoms with Crippen molar-refractivity contribution in [2.45, 2.75) is 24.4 Å². The molecule has 0 saturated heterocycles. The number of hydrogen-bond donors (Lipinski definition) is 0. The number of carbonyl (C=O) groups excluding carboxylic acids is 1. The van der Waals surface area contributed by atoms with Crippen molar-refractivity contribution < 1.29 is 45.7 Å². The van der Waals surface area contributed by atoms with E-state index in [1.54, 1.807) is 0 Å². The summed E-state index contributed by atoms with van der Waals surface area (Å²) in [7, 11) is 1.03. The molecule has 0 aromatic carbocycles. The van der Waals surface area contributed by atoms with Crippen LogP contribution in [0.15, 0.2) is 0 Å². The van der Waals surface area contributed by atoms with Gasteiger partial charge in [-0.3, -0.25) is 0 Å². The van der Waals surface area contributed by atoms with Crippen molar-refractivity contribution >= 4 is 5.97 Å². The van der Waals surface area contributed by atoms with Gasteiger partial charge in [0.25, 0.3) is 5.60 Å². The minimum atomic E-state index is -5.95. The number of rotatable bonds is 6. The summed E-state index contributed by atoms with van der Waals surface area (Å²) in [6.07, 6.45) is -14.3. The Morgan fingerprint density at radius 1 is 1.06 bits per heavy atom. The van der Waals surface area contributed by atoms with Crippen LogP contribution in [-0.2, 0) is 14.3 Å². The Hall–Kier alpha value is -1.03. The number of hydrogen-bond acceptors (Lipinski definition) is 4. The molecule has 0 atom stereocenters. The highest BCUT2D eigenvalue weighted by Crippen LogP contribution is 2.47. The van der Waals surface area contributed by atoms with Gasteiger partial charge >= 0.3 is 12.4 Å². The summed E-state index contributed by atoms with van der Waals surface area (Å²) < 4.78 is 82.9. The van der Waals surface area contributed by atoms with Gasteiger partial charge in [-0.2, -0.15) is 26.3 Å².